The average molecular weight is 524 g/mol. The summed E-state index contributed by atoms with van der Waals surface area (Å²) in [6.45, 7) is 7.35. The molecule has 6 heteroatoms. The van der Waals surface area contributed by atoms with Gasteiger partial charge in [0.05, 0.1) is 30.4 Å². The van der Waals surface area contributed by atoms with Gasteiger partial charge in [-0.2, -0.15) is 0 Å². The zero-order valence-corrected chi connectivity index (χ0v) is 23.6. The minimum Gasteiger partial charge on any atom is -0.465 e. The van der Waals surface area contributed by atoms with Gasteiger partial charge in [-0.3, -0.25) is 9.59 Å². The van der Waals surface area contributed by atoms with Crippen molar-refractivity contribution in [3.05, 3.63) is 58.4 Å². The number of aryl methyl sites for hydroxylation is 1. The van der Waals surface area contributed by atoms with Crippen molar-refractivity contribution in [2.24, 2.45) is 0 Å². The van der Waals surface area contributed by atoms with Crippen LogP contribution in [0.1, 0.15) is 135 Å². The number of benzene rings is 1. The smallest absolute Gasteiger partial charge is 0.338 e. The first-order valence-corrected chi connectivity index (χ1v) is 14.7. The molecule has 1 aromatic heterocycles. The SMILES string of the molecule is CCCCCCCCCCCCOC(=O)C1CCn2c1cc(CC)c2C(=O)c1cccc(C(=O)OCC)c1. The number of hydrogen-bond acceptors (Lipinski definition) is 5. The molecule has 208 valence electrons. The number of nitrogens with zero attached hydrogens (tertiary/aromatic N) is 1. The van der Waals surface area contributed by atoms with Crippen LogP contribution in [0.4, 0.5) is 0 Å². The van der Waals surface area contributed by atoms with E-state index in [-0.39, 0.29) is 24.3 Å². The Balaban J connectivity index is 1.54. The van der Waals surface area contributed by atoms with E-state index < -0.39 is 5.97 Å². The lowest BCUT2D eigenvalue weighted by molar-refractivity contribution is -0.145. The van der Waals surface area contributed by atoms with Crippen molar-refractivity contribution >= 4 is 17.7 Å². The molecule has 0 aliphatic carbocycles. The zero-order valence-electron chi connectivity index (χ0n) is 23.6. The van der Waals surface area contributed by atoms with Crippen LogP contribution in [0.3, 0.4) is 0 Å². The summed E-state index contributed by atoms with van der Waals surface area (Å²) >= 11 is 0. The molecule has 3 rings (SSSR count). The molecule has 1 aliphatic rings. The second-order valence-corrected chi connectivity index (χ2v) is 10.3. The van der Waals surface area contributed by atoms with E-state index in [1.807, 2.05) is 17.6 Å². The fourth-order valence-electron chi connectivity index (χ4n) is 5.34. The normalized spacial score (nSPS) is 14.3. The molecule has 0 fully saturated rings. The maximum atomic E-state index is 13.6. The van der Waals surface area contributed by atoms with Crippen molar-refractivity contribution in [2.45, 2.75) is 110 Å². The second kappa shape index (κ2) is 15.5. The van der Waals surface area contributed by atoms with E-state index in [0.717, 1.165) is 24.1 Å². The molecule has 0 amide bonds. The van der Waals surface area contributed by atoms with E-state index >= 15 is 0 Å². The molecular weight excluding hydrogens is 478 g/mol. The summed E-state index contributed by atoms with van der Waals surface area (Å²) < 4.78 is 12.7. The number of fused-ring (bicyclic) bond motifs is 1. The van der Waals surface area contributed by atoms with Gasteiger partial charge in [-0.1, -0.05) is 83.8 Å². The third kappa shape index (κ3) is 7.81. The van der Waals surface area contributed by atoms with Gasteiger partial charge in [-0.05, 0) is 49.9 Å². The fourth-order valence-corrected chi connectivity index (χ4v) is 5.34. The summed E-state index contributed by atoms with van der Waals surface area (Å²) in [6, 6.07) is 8.65. The summed E-state index contributed by atoms with van der Waals surface area (Å²) in [4.78, 5) is 38.6. The standard InChI is InChI=1S/C32H45NO5/c1-4-7-8-9-10-11-12-13-14-15-21-38-32(36)27-19-20-33-28(27)23-24(5-2)29(33)30(34)25-17-16-18-26(22-25)31(35)37-6-3/h16-18,22-23,27H,4-15,19-21H2,1-3H3. The number of carbonyl (C=O) groups is 3. The predicted molar refractivity (Wildman–Crippen MR) is 150 cm³/mol. The summed E-state index contributed by atoms with van der Waals surface area (Å²) in [7, 11) is 0. The van der Waals surface area contributed by atoms with Crippen LogP contribution in [0.15, 0.2) is 30.3 Å². The van der Waals surface area contributed by atoms with Crippen LogP contribution in [-0.4, -0.2) is 35.5 Å². The van der Waals surface area contributed by atoms with Crippen molar-refractivity contribution in [3.8, 4) is 0 Å². The largest absolute Gasteiger partial charge is 0.465 e. The van der Waals surface area contributed by atoms with Crippen LogP contribution in [0.2, 0.25) is 0 Å². The first-order valence-electron chi connectivity index (χ1n) is 14.7. The summed E-state index contributed by atoms with van der Waals surface area (Å²) in [5.74, 6) is -1.11. The van der Waals surface area contributed by atoms with E-state index in [9.17, 15) is 14.4 Å². The van der Waals surface area contributed by atoms with Crippen molar-refractivity contribution in [1.29, 1.82) is 0 Å². The molecule has 0 bridgehead atoms. The summed E-state index contributed by atoms with van der Waals surface area (Å²) in [5, 5.41) is 0. The topological polar surface area (TPSA) is 74.6 Å². The molecule has 1 atom stereocenters. The Hall–Kier alpha value is -2.89. The molecule has 1 unspecified atom stereocenters. The third-order valence-corrected chi connectivity index (χ3v) is 7.46. The lowest BCUT2D eigenvalue weighted by Crippen LogP contribution is -2.15. The molecule has 1 aliphatic heterocycles. The highest BCUT2D eigenvalue weighted by Crippen LogP contribution is 2.35. The Morgan fingerprint density at radius 1 is 0.842 bits per heavy atom. The lowest BCUT2D eigenvalue weighted by Gasteiger charge is -2.10. The van der Waals surface area contributed by atoms with Crippen molar-refractivity contribution < 1.29 is 23.9 Å². The number of unbranched alkanes of at least 4 members (excludes halogenated alkanes) is 9. The predicted octanol–water partition coefficient (Wildman–Crippen LogP) is 7.41. The molecule has 6 nitrogen and oxygen atoms in total. The quantitative estimate of drug-likeness (QED) is 0.123. The molecule has 0 spiro atoms. The van der Waals surface area contributed by atoms with E-state index in [4.69, 9.17) is 9.47 Å². The maximum absolute atomic E-state index is 13.6. The minimum atomic E-state index is -0.441. The molecule has 0 radical (unpaired) electrons. The number of carbonyl (C=O) groups excluding carboxylic acids is 3. The van der Waals surface area contributed by atoms with Gasteiger partial charge in [0.15, 0.2) is 0 Å². The minimum absolute atomic E-state index is 0.140. The third-order valence-electron chi connectivity index (χ3n) is 7.46. The molecule has 0 N–H and O–H groups in total. The highest BCUT2D eigenvalue weighted by molar-refractivity contribution is 6.10. The number of ether oxygens (including phenoxy) is 2. The number of aromatic nitrogens is 1. The molecule has 2 aromatic rings. The summed E-state index contributed by atoms with van der Waals surface area (Å²) in [6.07, 6.45) is 13.7. The molecule has 0 saturated heterocycles. The van der Waals surface area contributed by atoms with Gasteiger partial charge in [0.2, 0.25) is 5.78 Å². The number of ketones is 1. The Morgan fingerprint density at radius 2 is 1.50 bits per heavy atom. The number of rotatable bonds is 17. The van der Waals surface area contributed by atoms with Crippen LogP contribution in [-0.2, 0) is 27.2 Å². The van der Waals surface area contributed by atoms with Crippen LogP contribution in [0, 0.1) is 0 Å². The molecule has 0 saturated carbocycles. The Bertz CT molecular complexity index is 1070. The van der Waals surface area contributed by atoms with Crippen molar-refractivity contribution in [2.75, 3.05) is 13.2 Å². The van der Waals surface area contributed by atoms with E-state index in [0.29, 0.717) is 42.8 Å². The molecular formula is C32H45NO5. The summed E-state index contributed by atoms with van der Waals surface area (Å²) in [5.41, 5.74) is 3.18. The maximum Gasteiger partial charge on any atom is 0.338 e. The van der Waals surface area contributed by atoms with Crippen molar-refractivity contribution in [1.82, 2.24) is 4.57 Å². The van der Waals surface area contributed by atoms with Gasteiger partial charge in [0.25, 0.3) is 0 Å². The second-order valence-electron chi connectivity index (χ2n) is 10.3. The zero-order chi connectivity index (χ0) is 27.3. The Labute approximate surface area is 228 Å². The number of esters is 2. The van der Waals surface area contributed by atoms with E-state index in [2.05, 4.69) is 6.92 Å². The molecule has 1 aromatic carbocycles. The highest BCUT2D eigenvalue weighted by atomic mass is 16.5. The van der Waals surface area contributed by atoms with Crippen LogP contribution in [0.25, 0.3) is 0 Å². The average Bonchev–Trinajstić information content (AvgIpc) is 3.50. The lowest BCUT2D eigenvalue weighted by atomic mass is 10.00. The molecule has 2 heterocycles. The van der Waals surface area contributed by atoms with Gasteiger partial charge in [0.1, 0.15) is 0 Å². The monoisotopic (exact) mass is 523 g/mol. The van der Waals surface area contributed by atoms with Gasteiger partial charge >= 0.3 is 11.9 Å². The van der Waals surface area contributed by atoms with E-state index in [1.54, 1.807) is 31.2 Å². The van der Waals surface area contributed by atoms with Crippen LogP contribution < -0.4 is 0 Å². The fraction of sp³-hybridized carbons (Fsp3) is 0.594. The van der Waals surface area contributed by atoms with Gasteiger partial charge < -0.3 is 14.0 Å². The van der Waals surface area contributed by atoms with Crippen LogP contribution >= 0.6 is 0 Å². The molecule has 38 heavy (non-hydrogen) atoms. The first kappa shape index (κ1) is 29.7. The van der Waals surface area contributed by atoms with Gasteiger partial charge in [-0.15, -0.1) is 0 Å². The highest BCUT2D eigenvalue weighted by Gasteiger charge is 2.35. The van der Waals surface area contributed by atoms with Gasteiger partial charge in [0, 0.05) is 17.8 Å². The van der Waals surface area contributed by atoms with Crippen LogP contribution in [0.5, 0.6) is 0 Å². The Kier molecular flexibility index (Phi) is 12.1. The van der Waals surface area contributed by atoms with Gasteiger partial charge in [-0.25, -0.2) is 4.79 Å². The van der Waals surface area contributed by atoms with Crippen molar-refractivity contribution in [3.63, 3.8) is 0 Å². The first-order chi connectivity index (χ1) is 18.5. The Morgan fingerprint density at radius 3 is 2.16 bits per heavy atom. The van der Waals surface area contributed by atoms with E-state index in [1.165, 1.54) is 51.4 Å². The number of hydrogen-bond donors (Lipinski definition) is 0.